The van der Waals surface area contributed by atoms with E-state index in [0.29, 0.717) is 0 Å². The van der Waals surface area contributed by atoms with E-state index in [-0.39, 0.29) is 27.8 Å². The maximum atomic E-state index is 2.32. The molecule has 4 rings (SSSR count). The predicted molar refractivity (Wildman–Crippen MR) is 124 cm³/mol. The van der Waals surface area contributed by atoms with Crippen molar-refractivity contribution in [1.82, 2.24) is 0 Å². The van der Waals surface area contributed by atoms with Crippen LogP contribution in [-0.2, 0) is 0 Å². The summed E-state index contributed by atoms with van der Waals surface area (Å²) < 4.78 is 0. The van der Waals surface area contributed by atoms with Gasteiger partial charge in [0.15, 0.2) is 0 Å². The van der Waals surface area contributed by atoms with Crippen molar-refractivity contribution in [3.8, 4) is 0 Å². The van der Waals surface area contributed by atoms with Gasteiger partial charge in [0.1, 0.15) is 0 Å². The third-order valence-electron chi connectivity index (χ3n) is 4.18. The molecule has 4 aromatic carbocycles. The molecule has 1 radical (unpaired) electrons. The Morgan fingerprint density at radius 3 is 0.778 bits per heavy atom. The summed E-state index contributed by atoms with van der Waals surface area (Å²) >= 11 is 0.0950. The summed E-state index contributed by atoms with van der Waals surface area (Å²) in [5.41, 5.74) is 0. The number of hydrogen-bond donors (Lipinski definition) is 0. The summed E-state index contributed by atoms with van der Waals surface area (Å²) in [7, 11) is 0. The zero-order chi connectivity index (χ0) is 18.3. The average Bonchev–Trinajstić information content (AvgIpc) is 2.77. The van der Waals surface area contributed by atoms with Crippen LogP contribution >= 0.6 is 13.0 Å². The first-order chi connectivity index (χ1) is 13.4. The predicted octanol–water partition coefficient (Wildman–Crippen LogP) is 4.79. The van der Waals surface area contributed by atoms with Crippen molar-refractivity contribution >= 4 is 49.0 Å². The Bertz CT molecular complexity index is 785. The van der Waals surface area contributed by atoms with E-state index in [1.165, 1.54) is 21.2 Å². The second kappa shape index (κ2) is 9.48. The molecule has 4 aromatic rings. The van der Waals surface area contributed by atoms with E-state index in [4.69, 9.17) is 0 Å². The van der Waals surface area contributed by atoms with Crippen molar-refractivity contribution in [3.63, 3.8) is 0 Å². The van der Waals surface area contributed by atoms with Crippen molar-refractivity contribution < 1.29 is 0 Å². The van der Waals surface area contributed by atoms with E-state index < -0.39 is 0 Å². The molecule has 0 saturated heterocycles. The Hall–Kier alpha value is -1.70. The molecule has 0 aromatic heterocycles. The first-order valence-corrected chi connectivity index (χ1v) is 16.6. The molecule has 0 N–H and O–H groups in total. The third kappa shape index (κ3) is 4.78. The topological polar surface area (TPSA) is 0 Å². The number of rotatable bonds is 6. The van der Waals surface area contributed by atoms with E-state index in [1.807, 2.05) is 0 Å². The second-order valence-electron chi connectivity index (χ2n) is 6.06. The molecule has 0 saturated carbocycles. The molecule has 0 amide bonds. The van der Waals surface area contributed by atoms with Crippen LogP contribution in [0.5, 0.6) is 0 Å². The molecule has 0 bridgehead atoms. The van der Waals surface area contributed by atoms with Crippen molar-refractivity contribution in [2.45, 2.75) is 0 Å². The molecule has 0 atom stereocenters. The molecule has 0 aliphatic heterocycles. The molecule has 0 aliphatic carbocycles. The van der Waals surface area contributed by atoms with Gasteiger partial charge in [-0.25, -0.2) is 0 Å². The fourth-order valence-electron chi connectivity index (χ4n) is 2.87. The molecule has 0 heterocycles. The van der Waals surface area contributed by atoms with Gasteiger partial charge in [-0.15, -0.1) is 0 Å². The molecule has 0 unspecified atom stereocenters. The average molecular weight is 445 g/mol. The monoisotopic (exact) mass is 445 g/mol. The molecule has 0 spiro atoms. The Kier molecular flexibility index (Phi) is 6.55. The summed E-state index contributed by atoms with van der Waals surface area (Å²) in [6.07, 6.45) is 0. The van der Waals surface area contributed by atoms with Crippen molar-refractivity contribution in [2.75, 3.05) is 0 Å². The van der Waals surface area contributed by atoms with Gasteiger partial charge in [-0.05, 0) is 0 Å². The Morgan fingerprint density at radius 1 is 0.333 bits per heavy atom. The van der Waals surface area contributed by atoms with E-state index >= 15 is 0 Å². The van der Waals surface area contributed by atoms with Crippen LogP contribution < -0.4 is 21.2 Å². The van der Waals surface area contributed by atoms with Crippen LogP contribution in [-0.4, -0.2) is 14.8 Å². The van der Waals surface area contributed by atoms with Gasteiger partial charge in [0.2, 0.25) is 0 Å². The third-order valence-corrected chi connectivity index (χ3v) is 21.3. The molecule has 131 valence electrons. The van der Waals surface area contributed by atoms with Crippen molar-refractivity contribution in [1.29, 1.82) is 0 Å². The summed E-state index contributed by atoms with van der Waals surface area (Å²) in [6.45, 7) is -0.630. The van der Waals surface area contributed by atoms with Crippen LogP contribution in [0.15, 0.2) is 121 Å². The zero-order valence-corrected chi connectivity index (χ0v) is 18.6. The molecule has 0 nitrogen and oxygen atoms in total. The van der Waals surface area contributed by atoms with Gasteiger partial charge >= 0.3 is 170 Å². The first-order valence-electron chi connectivity index (χ1n) is 8.94. The standard InChI is InChI=1S/C24H20AsP2/c1-5-13-21(14-6-1)26(22-15-7-2-8-16-22)25-27(23-17-9-3-10-18-23)24-19-11-4-12-20-24/h1-20H. The molecular formula is C24H20AsP2. The number of benzene rings is 4. The quantitative estimate of drug-likeness (QED) is 0.296. The van der Waals surface area contributed by atoms with Gasteiger partial charge in [0, 0.05) is 0 Å². The summed E-state index contributed by atoms with van der Waals surface area (Å²) in [4.78, 5) is 0. The van der Waals surface area contributed by atoms with E-state index in [9.17, 15) is 0 Å². The van der Waals surface area contributed by atoms with Crippen LogP contribution in [0, 0.1) is 0 Å². The summed E-state index contributed by atoms with van der Waals surface area (Å²) in [6, 6.07) is 44.5. The number of hydrogen-bond acceptors (Lipinski definition) is 0. The van der Waals surface area contributed by atoms with Crippen molar-refractivity contribution in [2.24, 2.45) is 0 Å². The minimum absolute atomic E-state index is 0.0950. The van der Waals surface area contributed by atoms with Crippen LogP contribution in [0.25, 0.3) is 0 Å². The van der Waals surface area contributed by atoms with Crippen LogP contribution in [0.2, 0.25) is 0 Å². The Morgan fingerprint density at radius 2 is 0.556 bits per heavy atom. The van der Waals surface area contributed by atoms with Gasteiger partial charge in [0.05, 0.1) is 0 Å². The van der Waals surface area contributed by atoms with E-state index in [1.54, 1.807) is 0 Å². The van der Waals surface area contributed by atoms with Gasteiger partial charge in [-0.2, -0.15) is 0 Å². The molecule has 27 heavy (non-hydrogen) atoms. The Labute approximate surface area is 170 Å². The normalized spacial score (nSPS) is 11.0. The zero-order valence-electron chi connectivity index (χ0n) is 14.9. The van der Waals surface area contributed by atoms with Crippen LogP contribution in [0.4, 0.5) is 0 Å². The van der Waals surface area contributed by atoms with Crippen molar-refractivity contribution in [3.05, 3.63) is 121 Å². The molecule has 3 heteroatoms. The minimum atomic E-state index is -0.315. The first kappa shape index (κ1) is 18.7. The van der Waals surface area contributed by atoms with E-state index in [2.05, 4.69) is 121 Å². The maximum absolute atomic E-state index is 2.32. The molecular weight excluding hydrogens is 425 g/mol. The summed E-state index contributed by atoms with van der Waals surface area (Å²) in [5.74, 6) is 0. The van der Waals surface area contributed by atoms with Gasteiger partial charge in [0.25, 0.3) is 0 Å². The molecule has 0 fully saturated rings. The van der Waals surface area contributed by atoms with Gasteiger partial charge in [-0.1, -0.05) is 0 Å². The van der Waals surface area contributed by atoms with Gasteiger partial charge < -0.3 is 0 Å². The van der Waals surface area contributed by atoms with Crippen LogP contribution in [0.3, 0.4) is 0 Å². The fraction of sp³-hybridized carbons (Fsp3) is 0. The van der Waals surface area contributed by atoms with Crippen LogP contribution in [0.1, 0.15) is 0 Å². The fourth-order valence-corrected chi connectivity index (χ4v) is 22.2. The molecule has 0 aliphatic rings. The SMILES string of the molecule is c1ccc(P([As]P(c2ccccc2)c2ccccc2)c2ccccc2)cc1. The van der Waals surface area contributed by atoms with Gasteiger partial charge in [-0.3, -0.25) is 0 Å². The van der Waals surface area contributed by atoms with E-state index in [0.717, 1.165) is 0 Å². The summed E-state index contributed by atoms with van der Waals surface area (Å²) in [5, 5.41) is 5.99. The second-order valence-corrected chi connectivity index (χ2v) is 18.5. The Balaban J connectivity index is 1.77.